The molecule has 0 unspecified atom stereocenters. The van der Waals surface area contributed by atoms with E-state index >= 15 is 0 Å². The molecule has 0 spiro atoms. The van der Waals surface area contributed by atoms with Crippen molar-refractivity contribution in [2.45, 2.75) is 4.90 Å². The number of anilines is 1. The van der Waals surface area contributed by atoms with E-state index in [0.29, 0.717) is 5.02 Å². The number of benzene rings is 1. The molecule has 2 aromatic rings. The summed E-state index contributed by atoms with van der Waals surface area (Å²) in [5.41, 5.74) is 0.204. The number of nitrogens with two attached hydrogens (primary N) is 1. The molecular weight excluding hydrogens is 302 g/mol. The Morgan fingerprint density at radius 2 is 1.90 bits per heavy atom. The highest BCUT2D eigenvalue weighted by Gasteiger charge is 2.16. The summed E-state index contributed by atoms with van der Waals surface area (Å²) in [7, 11) is -3.92. The van der Waals surface area contributed by atoms with Crippen LogP contribution in [0, 0.1) is 0 Å². The molecule has 0 atom stereocenters. The van der Waals surface area contributed by atoms with Gasteiger partial charge in [0.1, 0.15) is 10.6 Å². The van der Waals surface area contributed by atoms with E-state index in [1.807, 2.05) is 0 Å². The number of hydrogen-bond donors (Lipinski definition) is 2. The summed E-state index contributed by atoms with van der Waals surface area (Å²) < 4.78 is 22.8. The van der Waals surface area contributed by atoms with Gasteiger partial charge in [-0.25, -0.2) is 18.5 Å². The fourth-order valence-electron chi connectivity index (χ4n) is 1.51. The lowest BCUT2D eigenvalue weighted by molar-refractivity contribution is 0.102. The van der Waals surface area contributed by atoms with E-state index in [0.717, 1.165) is 0 Å². The Kier molecular flexibility index (Phi) is 4.03. The zero-order valence-electron chi connectivity index (χ0n) is 10.1. The van der Waals surface area contributed by atoms with Crippen LogP contribution < -0.4 is 10.5 Å². The van der Waals surface area contributed by atoms with E-state index in [1.165, 1.54) is 36.5 Å². The number of sulfonamides is 1. The normalized spacial score (nSPS) is 11.1. The summed E-state index contributed by atoms with van der Waals surface area (Å²) in [5, 5.41) is 7.92. The standard InChI is InChI=1S/C12H10ClN3O3S/c13-8-5-6-10(15-7-8)12(17)16-9-3-1-2-4-11(9)20(14,18)19/h1-7H,(H,16,17)(H2,14,18,19). The van der Waals surface area contributed by atoms with Crippen LogP contribution in [0.25, 0.3) is 0 Å². The van der Waals surface area contributed by atoms with Gasteiger partial charge in [0.2, 0.25) is 10.0 Å². The lowest BCUT2D eigenvalue weighted by Gasteiger charge is -2.08. The van der Waals surface area contributed by atoms with Gasteiger partial charge in [0.25, 0.3) is 5.91 Å². The van der Waals surface area contributed by atoms with Crippen molar-refractivity contribution in [3.05, 3.63) is 53.3 Å². The number of nitrogens with one attached hydrogen (secondary N) is 1. The number of carbonyl (C=O) groups excluding carboxylic acids is 1. The maximum Gasteiger partial charge on any atom is 0.274 e. The van der Waals surface area contributed by atoms with Crippen LogP contribution >= 0.6 is 11.6 Å². The third-order valence-electron chi connectivity index (χ3n) is 2.40. The second-order valence-corrected chi connectivity index (χ2v) is 5.82. The number of nitrogens with zero attached hydrogens (tertiary/aromatic N) is 1. The lowest BCUT2D eigenvalue weighted by atomic mass is 10.3. The first-order valence-electron chi connectivity index (χ1n) is 5.42. The molecule has 1 amide bonds. The first-order valence-corrected chi connectivity index (χ1v) is 7.35. The van der Waals surface area contributed by atoms with Gasteiger partial charge in [-0.05, 0) is 24.3 Å². The van der Waals surface area contributed by atoms with E-state index in [9.17, 15) is 13.2 Å². The van der Waals surface area contributed by atoms with Crippen LogP contribution in [0.3, 0.4) is 0 Å². The molecule has 6 nitrogen and oxygen atoms in total. The van der Waals surface area contributed by atoms with Crippen molar-refractivity contribution < 1.29 is 13.2 Å². The highest BCUT2D eigenvalue weighted by Crippen LogP contribution is 2.20. The average Bonchev–Trinajstić information content (AvgIpc) is 2.38. The maximum atomic E-state index is 12.0. The maximum absolute atomic E-state index is 12.0. The molecule has 0 bridgehead atoms. The second kappa shape index (κ2) is 5.58. The van der Waals surface area contributed by atoms with E-state index < -0.39 is 15.9 Å². The van der Waals surface area contributed by atoms with Crippen molar-refractivity contribution in [1.82, 2.24) is 4.98 Å². The number of primary sulfonamides is 1. The van der Waals surface area contributed by atoms with Crippen molar-refractivity contribution in [3.8, 4) is 0 Å². The number of aromatic nitrogens is 1. The van der Waals surface area contributed by atoms with Crippen LogP contribution in [0.4, 0.5) is 5.69 Å². The topological polar surface area (TPSA) is 102 Å². The Balaban J connectivity index is 2.31. The number of rotatable bonds is 3. The van der Waals surface area contributed by atoms with Crippen LogP contribution in [0.1, 0.15) is 10.5 Å². The Bertz CT molecular complexity index is 745. The molecule has 0 fully saturated rings. The quantitative estimate of drug-likeness (QED) is 0.899. The van der Waals surface area contributed by atoms with Gasteiger partial charge in [0.05, 0.1) is 10.7 Å². The van der Waals surface area contributed by atoms with Crippen LogP contribution in [0.15, 0.2) is 47.5 Å². The van der Waals surface area contributed by atoms with E-state index in [4.69, 9.17) is 16.7 Å². The molecule has 0 aliphatic rings. The molecule has 0 radical (unpaired) electrons. The van der Waals surface area contributed by atoms with Crippen LogP contribution in [-0.2, 0) is 10.0 Å². The Hall–Kier alpha value is -1.96. The van der Waals surface area contributed by atoms with Gasteiger partial charge in [-0.3, -0.25) is 4.79 Å². The minimum atomic E-state index is -3.92. The highest BCUT2D eigenvalue weighted by molar-refractivity contribution is 7.89. The number of carbonyl (C=O) groups is 1. The van der Waals surface area contributed by atoms with Gasteiger partial charge in [-0.15, -0.1) is 0 Å². The fraction of sp³-hybridized carbons (Fsp3) is 0. The first-order chi connectivity index (χ1) is 9.38. The molecule has 20 heavy (non-hydrogen) atoms. The summed E-state index contributed by atoms with van der Waals surface area (Å²) in [6.07, 6.45) is 1.32. The monoisotopic (exact) mass is 311 g/mol. The molecule has 0 aliphatic heterocycles. The Morgan fingerprint density at radius 3 is 2.50 bits per heavy atom. The van der Waals surface area contributed by atoms with Gasteiger partial charge in [-0.2, -0.15) is 0 Å². The minimum absolute atomic E-state index is 0.0942. The van der Waals surface area contributed by atoms with Crippen molar-refractivity contribution in [2.24, 2.45) is 5.14 Å². The first kappa shape index (κ1) is 14.4. The minimum Gasteiger partial charge on any atom is -0.319 e. The third-order valence-corrected chi connectivity index (χ3v) is 3.59. The predicted molar refractivity (Wildman–Crippen MR) is 75.0 cm³/mol. The van der Waals surface area contributed by atoms with Gasteiger partial charge in [-0.1, -0.05) is 23.7 Å². The predicted octanol–water partition coefficient (Wildman–Crippen LogP) is 1.63. The van der Waals surface area contributed by atoms with Crippen LogP contribution in [0.2, 0.25) is 5.02 Å². The smallest absolute Gasteiger partial charge is 0.274 e. The Labute approximate surface area is 120 Å². The van der Waals surface area contributed by atoms with Gasteiger partial charge >= 0.3 is 0 Å². The summed E-state index contributed by atoms with van der Waals surface area (Å²) in [5.74, 6) is -0.558. The zero-order valence-corrected chi connectivity index (χ0v) is 11.6. The van der Waals surface area contributed by atoms with Crippen LogP contribution in [-0.4, -0.2) is 19.3 Å². The van der Waals surface area contributed by atoms with Crippen molar-refractivity contribution in [1.29, 1.82) is 0 Å². The third kappa shape index (κ3) is 3.32. The fourth-order valence-corrected chi connectivity index (χ4v) is 2.32. The average molecular weight is 312 g/mol. The number of para-hydroxylation sites is 1. The zero-order chi connectivity index (χ0) is 14.8. The highest BCUT2D eigenvalue weighted by atomic mass is 35.5. The number of amides is 1. The molecule has 1 aromatic heterocycles. The molecule has 8 heteroatoms. The second-order valence-electron chi connectivity index (χ2n) is 3.86. The number of pyridine rings is 1. The molecule has 1 aromatic carbocycles. The molecule has 0 saturated heterocycles. The van der Waals surface area contributed by atoms with Gasteiger partial charge in [0.15, 0.2) is 0 Å². The summed E-state index contributed by atoms with van der Waals surface area (Å²) in [6, 6.07) is 8.77. The largest absolute Gasteiger partial charge is 0.319 e. The van der Waals surface area contributed by atoms with Crippen LogP contribution in [0.5, 0.6) is 0 Å². The van der Waals surface area contributed by atoms with E-state index in [1.54, 1.807) is 6.07 Å². The number of halogens is 1. The summed E-state index contributed by atoms with van der Waals surface area (Å²) in [6.45, 7) is 0. The molecule has 104 valence electrons. The molecule has 0 saturated carbocycles. The van der Waals surface area contributed by atoms with E-state index in [-0.39, 0.29) is 16.3 Å². The van der Waals surface area contributed by atoms with Gasteiger partial charge < -0.3 is 5.32 Å². The summed E-state index contributed by atoms with van der Waals surface area (Å²) >= 11 is 5.67. The van der Waals surface area contributed by atoms with Crippen molar-refractivity contribution in [2.75, 3.05) is 5.32 Å². The van der Waals surface area contributed by atoms with E-state index in [2.05, 4.69) is 10.3 Å². The number of hydrogen-bond acceptors (Lipinski definition) is 4. The molecule has 3 N–H and O–H groups in total. The molecule has 0 aliphatic carbocycles. The molecule has 2 rings (SSSR count). The summed E-state index contributed by atoms with van der Waals surface area (Å²) in [4.78, 5) is 15.6. The molecular formula is C12H10ClN3O3S. The van der Waals surface area contributed by atoms with Gasteiger partial charge in [0, 0.05) is 6.20 Å². The van der Waals surface area contributed by atoms with Crippen molar-refractivity contribution in [3.63, 3.8) is 0 Å². The van der Waals surface area contributed by atoms with Crippen molar-refractivity contribution >= 4 is 33.2 Å². The molecule has 1 heterocycles. The lowest BCUT2D eigenvalue weighted by Crippen LogP contribution is -2.19. The Morgan fingerprint density at radius 1 is 1.20 bits per heavy atom. The SMILES string of the molecule is NS(=O)(=O)c1ccccc1NC(=O)c1ccc(Cl)cn1.